The summed E-state index contributed by atoms with van der Waals surface area (Å²) < 4.78 is 39.5. The molecule has 0 amide bonds. The van der Waals surface area contributed by atoms with Gasteiger partial charge in [-0.05, 0) is 18.2 Å². The van der Waals surface area contributed by atoms with E-state index in [0.717, 1.165) is 12.3 Å². The molecule has 112 valence electrons. The van der Waals surface area contributed by atoms with Crippen molar-refractivity contribution in [1.82, 2.24) is 19.6 Å². The van der Waals surface area contributed by atoms with Gasteiger partial charge >= 0.3 is 12.1 Å². The van der Waals surface area contributed by atoms with Gasteiger partial charge in [0.15, 0.2) is 11.3 Å². The van der Waals surface area contributed by atoms with E-state index in [2.05, 4.69) is 15.1 Å². The maximum absolute atomic E-state index is 13.0. The van der Waals surface area contributed by atoms with Gasteiger partial charge in [-0.15, -0.1) is 0 Å². The molecule has 6 nitrogen and oxygen atoms in total. The summed E-state index contributed by atoms with van der Waals surface area (Å²) in [5.74, 6) is -1.46. The fourth-order valence-corrected chi connectivity index (χ4v) is 2.06. The van der Waals surface area contributed by atoms with Gasteiger partial charge in [-0.25, -0.2) is 14.3 Å². The second-order valence-electron chi connectivity index (χ2n) is 4.31. The molecule has 0 aromatic carbocycles. The molecule has 9 heteroatoms. The maximum atomic E-state index is 13.0. The molecule has 0 saturated carbocycles. The minimum Gasteiger partial charge on any atom is -0.476 e. The Morgan fingerprint density at radius 2 is 1.91 bits per heavy atom. The van der Waals surface area contributed by atoms with Gasteiger partial charge in [0, 0.05) is 12.4 Å². The van der Waals surface area contributed by atoms with Crippen molar-refractivity contribution >= 4 is 11.6 Å². The number of carboxylic acid groups (broad SMARTS) is 1. The summed E-state index contributed by atoms with van der Waals surface area (Å²) >= 11 is 0. The number of hydrogen-bond acceptors (Lipinski definition) is 4. The van der Waals surface area contributed by atoms with Gasteiger partial charge in [0.2, 0.25) is 0 Å². The summed E-state index contributed by atoms with van der Waals surface area (Å²) in [4.78, 5) is 19.1. The third-order valence-corrected chi connectivity index (χ3v) is 2.93. The molecule has 1 N–H and O–H groups in total. The summed E-state index contributed by atoms with van der Waals surface area (Å²) in [6, 6.07) is 5.40. The van der Waals surface area contributed by atoms with Crippen LogP contribution in [-0.4, -0.2) is 30.7 Å². The number of nitrogens with zero attached hydrogens (tertiary/aromatic N) is 4. The Morgan fingerprint density at radius 1 is 1.14 bits per heavy atom. The number of alkyl halides is 3. The number of fused-ring (bicyclic) bond motifs is 1. The average Bonchev–Trinajstić information content (AvgIpc) is 2.86. The molecule has 0 aliphatic heterocycles. The molecule has 0 spiro atoms. The van der Waals surface area contributed by atoms with Crippen LogP contribution in [0.2, 0.25) is 0 Å². The fraction of sp³-hybridized carbons (Fsp3) is 0.0769. The lowest BCUT2D eigenvalue weighted by molar-refractivity contribution is -0.142. The zero-order chi connectivity index (χ0) is 15.9. The molecule has 0 fully saturated rings. The first-order chi connectivity index (χ1) is 10.4. The summed E-state index contributed by atoms with van der Waals surface area (Å²) in [6.07, 6.45) is -2.33. The molecule has 3 aromatic rings. The van der Waals surface area contributed by atoms with Crippen molar-refractivity contribution in [1.29, 1.82) is 0 Å². The normalized spacial score (nSPS) is 11.8. The highest BCUT2D eigenvalue weighted by Gasteiger charge is 2.36. The fourth-order valence-electron chi connectivity index (χ4n) is 2.06. The Bertz CT molecular complexity index is 859. The molecular weight excluding hydrogens is 301 g/mol. The second kappa shape index (κ2) is 4.79. The highest BCUT2D eigenvalue weighted by Crippen LogP contribution is 2.32. The number of aromatic carboxylic acids is 1. The third-order valence-electron chi connectivity index (χ3n) is 2.93. The van der Waals surface area contributed by atoms with E-state index in [0.29, 0.717) is 4.52 Å². The van der Waals surface area contributed by atoms with Gasteiger partial charge in [0.05, 0.1) is 11.3 Å². The van der Waals surface area contributed by atoms with Crippen LogP contribution in [0.3, 0.4) is 0 Å². The first-order valence-corrected chi connectivity index (χ1v) is 5.99. The van der Waals surface area contributed by atoms with Crippen LogP contribution in [0.25, 0.3) is 16.9 Å². The Kier molecular flexibility index (Phi) is 3.05. The Hall–Kier alpha value is -2.97. The number of rotatable bonds is 2. The Morgan fingerprint density at radius 3 is 2.50 bits per heavy atom. The summed E-state index contributed by atoms with van der Waals surface area (Å²) in [5, 5.41) is 12.8. The van der Waals surface area contributed by atoms with Crippen LogP contribution in [0.15, 0.2) is 36.7 Å². The number of halogens is 3. The lowest BCUT2D eigenvalue weighted by Gasteiger charge is -2.07. The standard InChI is InChI=1S/C13H7F3N4O2/c14-13(15,16)8-4-6-18-11-9(7-3-1-2-5-17-7)10(12(21)22)19-20(8)11/h1-6H,(H,21,22). The van der Waals surface area contributed by atoms with E-state index in [4.69, 9.17) is 0 Å². The average molecular weight is 308 g/mol. The lowest BCUT2D eigenvalue weighted by Crippen LogP contribution is -2.13. The molecule has 3 heterocycles. The molecule has 0 bridgehead atoms. The van der Waals surface area contributed by atoms with Crippen molar-refractivity contribution in [2.45, 2.75) is 6.18 Å². The van der Waals surface area contributed by atoms with Crippen molar-refractivity contribution in [2.75, 3.05) is 0 Å². The number of aromatic nitrogens is 4. The summed E-state index contributed by atoms with van der Waals surface area (Å²) in [7, 11) is 0. The minimum atomic E-state index is -4.69. The number of carboxylic acids is 1. The Labute approximate surface area is 120 Å². The molecule has 0 aliphatic rings. The topological polar surface area (TPSA) is 80.4 Å². The van der Waals surface area contributed by atoms with E-state index in [1.165, 1.54) is 12.3 Å². The van der Waals surface area contributed by atoms with Crippen molar-refractivity contribution in [2.24, 2.45) is 0 Å². The summed E-state index contributed by atoms with van der Waals surface area (Å²) in [5.41, 5.74) is -1.74. The van der Waals surface area contributed by atoms with Gasteiger partial charge < -0.3 is 5.11 Å². The van der Waals surface area contributed by atoms with Crippen molar-refractivity contribution < 1.29 is 23.1 Å². The van der Waals surface area contributed by atoms with Gasteiger partial charge in [-0.3, -0.25) is 4.98 Å². The van der Waals surface area contributed by atoms with E-state index in [-0.39, 0.29) is 16.9 Å². The molecule has 0 unspecified atom stereocenters. The van der Waals surface area contributed by atoms with Crippen molar-refractivity contribution in [3.05, 3.63) is 48.0 Å². The highest BCUT2D eigenvalue weighted by atomic mass is 19.4. The molecule has 0 radical (unpaired) electrons. The third kappa shape index (κ3) is 2.16. The predicted octanol–water partition coefficient (Wildman–Crippen LogP) is 2.51. The van der Waals surface area contributed by atoms with Crippen LogP contribution >= 0.6 is 0 Å². The SMILES string of the molecule is O=C(O)c1nn2c(C(F)(F)F)ccnc2c1-c1ccccn1. The van der Waals surface area contributed by atoms with E-state index in [1.807, 2.05) is 0 Å². The highest BCUT2D eigenvalue weighted by molar-refractivity contribution is 5.98. The van der Waals surface area contributed by atoms with Crippen LogP contribution in [0.1, 0.15) is 16.2 Å². The largest absolute Gasteiger partial charge is 0.476 e. The van der Waals surface area contributed by atoms with Gasteiger partial charge in [-0.1, -0.05) is 6.07 Å². The lowest BCUT2D eigenvalue weighted by atomic mass is 10.1. The van der Waals surface area contributed by atoms with E-state index in [1.54, 1.807) is 12.1 Å². The van der Waals surface area contributed by atoms with Crippen LogP contribution in [0.4, 0.5) is 13.2 Å². The van der Waals surface area contributed by atoms with Crippen LogP contribution in [0.5, 0.6) is 0 Å². The smallest absolute Gasteiger partial charge is 0.433 e. The Balaban J connectivity index is 2.41. The summed E-state index contributed by atoms with van der Waals surface area (Å²) in [6.45, 7) is 0. The van der Waals surface area contributed by atoms with Crippen LogP contribution < -0.4 is 0 Å². The number of pyridine rings is 1. The molecular formula is C13H7F3N4O2. The van der Waals surface area contributed by atoms with Gasteiger partial charge in [0.25, 0.3) is 0 Å². The zero-order valence-electron chi connectivity index (χ0n) is 10.7. The molecule has 22 heavy (non-hydrogen) atoms. The van der Waals surface area contributed by atoms with Gasteiger partial charge in [0.1, 0.15) is 5.69 Å². The van der Waals surface area contributed by atoms with Crippen molar-refractivity contribution in [3.8, 4) is 11.3 Å². The minimum absolute atomic E-state index is 0.0563. The molecule has 0 saturated heterocycles. The van der Waals surface area contributed by atoms with Crippen LogP contribution in [0, 0.1) is 0 Å². The maximum Gasteiger partial charge on any atom is 0.433 e. The zero-order valence-corrected chi connectivity index (χ0v) is 10.7. The molecule has 3 aromatic heterocycles. The van der Waals surface area contributed by atoms with Crippen LogP contribution in [-0.2, 0) is 6.18 Å². The van der Waals surface area contributed by atoms with Gasteiger partial charge in [-0.2, -0.15) is 18.3 Å². The predicted molar refractivity (Wildman–Crippen MR) is 68.2 cm³/mol. The first-order valence-electron chi connectivity index (χ1n) is 5.99. The second-order valence-corrected chi connectivity index (χ2v) is 4.31. The van der Waals surface area contributed by atoms with E-state index < -0.39 is 23.5 Å². The molecule has 0 atom stereocenters. The first kappa shape index (κ1) is 14.0. The monoisotopic (exact) mass is 308 g/mol. The van der Waals surface area contributed by atoms with Crippen molar-refractivity contribution in [3.63, 3.8) is 0 Å². The number of carbonyl (C=O) groups is 1. The molecule has 3 rings (SSSR count). The van der Waals surface area contributed by atoms with E-state index >= 15 is 0 Å². The quantitative estimate of drug-likeness (QED) is 0.786. The molecule has 0 aliphatic carbocycles. The van der Waals surface area contributed by atoms with E-state index in [9.17, 15) is 23.1 Å². The number of hydrogen-bond donors (Lipinski definition) is 1.